The lowest BCUT2D eigenvalue weighted by Crippen LogP contribution is -1.98. The Bertz CT molecular complexity index is 685. The molecule has 0 aliphatic carbocycles. The second-order valence-electron chi connectivity index (χ2n) is 4.07. The maximum atomic E-state index is 11.0. The van der Waals surface area contributed by atoms with Gasteiger partial charge in [-0.25, -0.2) is 0 Å². The largest absolute Gasteiger partial charge is 0.497 e. The van der Waals surface area contributed by atoms with Crippen molar-refractivity contribution in [2.75, 3.05) is 12.4 Å². The van der Waals surface area contributed by atoms with Crippen molar-refractivity contribution in [3.8, 4) is 5.75 Å². The van der Waals surface area contributed by atoms with E-state index in [1.165, 1.54) is 49.6 Å². The predicted octanol–water partition coefficient (Wildman–Crippen LogP) is 3.26. The second kappa shape index (κ2) is 5.87. The Balaban J connectivity index is 2.33. The average molecular weight is 289 g/mol. The van der Waals surface area contributed by atoms with Crippen LogP contribution in [0.5, 0.6) is 5.75 Å². The summed E-state index contributed by atoms with van der Waals surface area (Å²) >= 11 is 0. The molecule has 0 heterocycles. The number of nitrogens with one attached hydrogen (secondary N) is 1. The van der Waals surface area contributed by atoms with E-state index in [0.717, 1.165) is 0 Å². The SMILES string of the molecule is COc1ccc([N+](=O)[O-])c(Nc2ccc([N+](=O)[O-])cc2)c1. The molecule has 0 spiro atoms. The number of ether oxygens (including phenoxy) is 1. The standard InChI is InChI=1S/C13H11N3O5/c1-21-11-6-7-13(16(19)20)12(8-11)14-9-2-4-10(5-3-9)15(17)18/h2-8,14H,1H3. The topological polar surface area (TPSA) is 108 Å². The third-order valence-corrected chi connectivity index (χ3v) is 2.76. The highest BCUT2D eigenvalue weighted by Crippen LogP contribution is 2.31. The zero-order chi connectivity index (χ0) is 15.4. The van der Waals surface area contributed by atoms with Crippen molar-refractivity contribution in [1.29, 1.82) is 0 Å². The first-order chi connectivity index (χ1) is 10.0. The number of anilines is 2. The number of hydrogen-bond donors (Lipinski definition) is 1. The van der Waals surface area contributed by atoms with E-state index in [0.29, 0.717) is 11.4 Å². The van der Waals surface area contributed by atoms with Gasteiger partial charge in [-0.15, -0.1) is 0 Å². The van der Waals surface area contributed by atoms with E-state index in [4.69, 9.17) is 4.74 Å². The molecule has 21 heavy (non-hydrogen) atoms. The Morgan fingerprint density at radius 1 is 1.00 bits per heavy atom. The van der Waals surface area contributed by atoms with Gasteiger partial charge in [0.05, 0.1) is 17.0 Å². The summed E-state index contributed by atoms with van der Waals surface area (Å²) in [6, 6.07) is 9.87. The van der Waals surface area contributed by atoms with Crippen LogP contribution < -0.4 is 10.1 Å². The fourth-order valence-corrected chi connectivity index (χ4v) is 1.72. The van der Waals surface area contributed by atoms with Crippen molar-refractivity contribution in [1.82, 2.24) is 0 Å². The number of rotatable bonds is 5. The summed E-state index contributed by atoms with van der Waals surface area (Å²) in [4.78, 5) is 20.5. The maximum Gasteiger partial charge on any atom is 0.292 e. The van der Waals surface area contributed by atoms with Crippen LogP contribution in [-0.2, 0) is 0 Å². The van der Waals surface area contributed by atoms with Crippen LogP contribution in [0.4, 0.5) is 22.7 Å². The molecule has 2 rings (SSSR count). The lowest BCUT2D eigenvalue weighted by atomic mass is 10.2. The third-order valence-electron chi connectivity index (χ3n) is 2.76. The van der Waals surface area contributed by atoms with Crippen molar-refractivity contribution < 1.29 is 14.6 Å². The van der Waals surface area contributed by atoms with Gasteiger partial charge in [0.1, 0.15) is 11.4 Å². The number of hydrogen-bond acceptors (Lipinski definition) is 6. The quantitative estimate of drug-likeness (QED) is 0.668. The smallest absolute Gasteiger partial charge is 0.292 e. The zero-order valence-electron chi connectivity index (χ0n) is 11.0. The molecule has 0 aliphatic rings. The van der Waals surface area contributed by atoms with Gasteiger partial charge in [-0.1, -0.05) is 0 Å². The molecular formula is C13H11N3O5. The Morgan fingerprint density at radius 3 is 2.19 bits per heavy atom. The van der Waals surface area contributed by atoms with Crippen molar-refractivity contribution in [3.63, 3.8) is 0 Å². The molecule has 0 aromatic heterocycles. The van der Waals surface area contributed by atoms with Crippen molar-refractivity contribution >= 4 is 22.7 Å². The molecule has 8 heteroatoms. The van der Waals surface area contributed by atoms with E-state index in [2.05, 4.69) is 5.32 Å². The molecule has 2 aromatic rings. The molecule has 0 saturated heterocycles. The number of nitrogens with zero attached hydrogens (tertiary/aromatic N) is 2. The summed E-state index contributed by atoms with van der Waals surface area (Å²) in [5.74, 6) is 0.463. The van der Waals surface area contributed by atoms with Crippen LogP contribution in [-0.4, -0.2) is 17.0 Å². The minimum Gasteiger partial charge on any atom is -0.497 e. The van der Waals surface area contributed by atoms with Gasteiger partial charge in [-0.05, 0) is 18.2 Å². The number of non-ortho nitro benzene ring substituents is 1. The van der Waals surface area contributed by atoms with Crippen LogP contribution >= 0.6 is 0 Å². The van der Waals surface area contributed by atoms with Gasteiger partial charge in [0.15, 0.2) is 0 Å². The Morgan fingerprint density at radius 2 is 1.67 bits per heavy atom. The van der Waals surface area contributed by atoms with E-state index in [1.807, 2.05) is 0 Å². The summed E-state index contributed by atoms with van der Waals surface area (Å²) < 4.78 is 5.03. The Labute approximate surface area is 119 Å². The fraction of sp³-hybridized carbons (Fsp3) is 0.0769. The second-order valence-corrected chi connectivity index (χ2v) is 4.07. The van der Waals surface area contributed by atoms with Gasteiger partial charge in [-0.3, -0.25) is 20.2 Å². The molecule has 0 bridgehead atoms. The molecule has 2 aromatic carbocycles. The lowest BCUT2D eigenvalue weighted by molar-refractivity contribution is -0.384. The molecule has 1 N–H and O–H groups in total. The molecule has 8 nitrogen and oxygen atoms in total. The lowest BCUT2D eigenvalue weighted by Gasteiger charge is -2.08. The normalized spacial score (nSPS) is 9.95. The first kappa shape index (κ1) is 14.3. The van der Waals surface area contributed by atoms with E-state index < -0.39 is 9.85 Å². The molecule has 0 aliphatic heterocycles. The highest BCUT2D eigenvalue weighted by molar-refractivity contribution is 5.71. The molecule has 0 fully saturated rings. The molecule has 0 unspecified atom stereocenters. The first-order valence-corrected chi connectivity index (χ1v) is 5.85. The van der Waals surface area contributed by atoms with E-state index in [9.17, 15) is 20.2 Å². The van der Waals surface area contributed by atoms with Gasteiger partial charge in [0, 0.05) is 30.0 Å². The van der Waals surface area contributed by atoms with Gasteiger partial charge < -0.3 is 10.1 Å². The first-order valence-electron chi connectivity index (χ1n) is 5.85. The maximum absolute atomic E-state index is 11.0. The number of nitro groups is 2. The van der Waals surface area contributed by atoms with Crippen LogP contribution in [0.15, 0.2) is 42.5 Å². The third kappa shape index (κ3) is 3.24. The number of benzene rings is 2. The summed E-state index contributed by atoms with van der Waals surface area (Å²) in [6.45, 7) is 0. The minimum absolute atomic E-state index is 0.0549. The van der Waals surface area contributed by atoms with E-state index in [1.54, 1.807) is 0 Å². The predicted molar refractivity (Wildman–Crippen MR) is 76.0 cm³/mol. The summed E-state index contributed by atoms with van der Waals surface area (Å²) in [5.41, 5.74) is 0.569. The van der Waals surface area contributed by atoms with Crippen molar-refractivity contribution in [2.24, 2.45) is 0 Å². The van der Waals surface area contributed by atoms with Crippen LogP contribution in [0.1, 0.15) is 0 Å². The summed E-state index contributed by atoms with van der Waals surface area (Å²) in [7, 11) is 1.46. The van der Waals surface area contributed by atoms with Crippen LogP contribution in [0.3, 0.4) is 0 Å². The molecular weight excluding hydrogens is 278 g/mol. The van der Waals surface area contributed by atoms with E-state index in [-0.39, 0.29) is 17.1 Å². The zero-order valence-corrected chi connectivity index (χ0v) is 11.0. The number of methoxy groups -OCH3 is 1. The monoisotopic (exact) mass is 289 g/mol. The molecule has 108 valence electrons. The van der Waals surface area contributed by atoms with Gasteiger partial charge >= 0.3 is 0 Å². The molecule has 0 saturated carbocycles. The minimum atomic E-state index is -0.521. The Kier molecular flexibility index (Phi) is 3.98. The van der Waals surface area contributed by atoms with Crippen molar-refractivity contribution in [2.45, 2.75) is 0 Å². The van der Waals surface area contributed by atoms with Crippen molar-refractivity contribution in [3.05, 3.63) is 62.7 Å². The highest BCUT2D eigenvalue weighted by atomic mass is 16.6. The average Bonchev–Trinajstić information content (AvgIpc) is 2.47. The van der Waals surface area contributed by atoms with E-state index >= 15 is 0 Å². The van der Waals surface area contributed by atoms with Crippen LogP contribution in [0.2, 0.25) is 0 Å². The highest BCUT2D eigenvalue weighted by Gasteiger charge is 2.15. The molecule has 0 radical (unpaired) electrons. The fourth-order valence-electron chi connectivity index (χ4n) is 1.72. The van der Waals surface area contributed by atoms with Gasteiger partial charge in [0.2, 0.25) is 0 Å². The summed E-state index contributed by atoms with van der Waals surface area (Å²) in [6.07, 6.45) is 0. The van der Waals surface area contributed by atoms with Crippen LogP contribution in [0, 0.1) is 20.2 Å². The van der Waals surface area contributed by atoms with Crippen LogP contribution in [0.25, 0.3) is 0 Å². The van der Waals surface area contributed by atoms with Gasteiger partial charge in [-0.2, -0.15) is 0 Å². The Hall–Kier alpha value is -3.16. The summed E-state index contributed by atoms with van der Waals surface area (Å²) in [5, 5.41) is 24.4. The van der Waals surface area contributed by atoms with Gasteiger partial charge in [0.25, 0.3) is 11.4 Å². The molecule has 0 atom stereocenters. The number of nitro benzene ring substituents is 2. The molecule has 0 amide bonds.